The van der Waals surface area contributed by atoms with Gasteiger partial charge in [0.05, 0.1) is 0 Å². The Morgan fingerprint density at radius 2 is 1.35 bits per heavy atom. The number of thiol groups is 2. The first-order valence-corrected chi connectivity index (χ1v) is 8.97. The van der Waals surface area contributed by atoms with Crippen LogP contribution in [0.5, 0.6) is 0 Å². The fourth-order valence-corrected chi connectivity index (χ4v) is 4.15. The van der Waals surface area contributed by atoms with E-state index in [-0.39, 0.29) is 0 Å². The van der Waals surface area contributed by atoms with Gasteiger partial charge in [-0.05, 0) is 0 Å². The number of hydrogen-bond acceptors (Lipinski definition) is 4. The van der Waals surface area contributed by atoms with Gasteiger partial charge in [-0.1, -0.05) is 0 Å². The Balaban J connectivity index is 3.35. The Morgan fingerprint density at radius 1 is 0.941 bits per heavy atom. The fourth-order valence-electron chi connectivity index (χ4n) is 1.01. The summed E-state index contributed by atoms with van der Waals surface area (Å²) >= 11 is 9.51. The first-order chi connectivity index (χ1) is 8.20. The van der Waals surface area contributed by atoms with Crippen molar-refractivity contribution >= 4 is 40.2 Å². The summed E-state index contributed by atoms with van der Waals surface area (Å²) < 4.78 is 10.7. The zero-order valence-corrected chi connectivity index (χ0v) is 13.6. The van der Waals surface area contributed by atoms with Crippen molar-refractivity contribution < 1.29 is 9.47 Å². The van der Waals surface area contributed by atoms with Crippen LogP contribution in [0.15, 0.2) is 25.3 Å². The average molecular weight is 341 g/mol. The van der Waals surface area contributed by atoms with Gasteiger partial charge < -0.3 is 0 Å². The molecule has 17 heavy (non-hydrogen) atoms. The first-order valence-electron chi connectivity index (χ1n) is 5.51. The van der Waals surface area contributed by atoms with Crippen LogP contribution in [0.1, 0.15) is 0 Å². The molecule has 0 saturated carbocycles. The van der Waals surface area contributed by atoms with E-state index in [9.17, 15) is 0 Å². The molecule has 0 heterocycles. The van der Waals surface area contributed by atoms with Crippen molar-refractivity contribution in [3.8, 4) is 0 Å². The topological polar surface area (TPSA) is 18.5 Å². The molecule has 0 aliphatic rings. The molecule has 0 bridgehead atoms. The first kappa shape index (κ1) is 17.6. The van der Waals surface area contributed by atoms with E-state index in [1.807, 2.05) is 0 Å². The molecule has 0 aromatic rings. The Morgan fingerprint density at radius 3 is 1.71 bits per heavy atom. The van der Waals surface area contributed by atoms with Gasteiger partial charge in [0.1, 0.15) is 0 Å². The van der Waals surface area contributed by atoms with Crippen molar-refractivity contribution in [2.24, 2.45) is 0 Å². The molecule has 2 atom stereocenters. The predicted molar refractivity (Wildman–Crippen MR) is 82.9 cm³/mol. The van der Waals surface area contributed by atoms with E-state index >= 15 is 0 Å². The molecule has 0 aliphatic heterocycles. The second kappa shape index (κ2) is 13.1. The minimum atomic E-state index is 0.324. The summed E-state index contributed by atoms with van der Waals surface area (Å²) in [6.45, 7) is 9.81. The van der Waals surface area contributed by atoms with E-state index in [2.05, 4.69) is 38.4 Å². The van der Waals surface area contributed by atoms with Gasteiger partial charge in [0, 0.05) is 0 Å². The van der Waals surface area contributed by atoms with Gasteiger partial charge >= 0.3 is 123 Å². The molecular formula is C12H22O2S2Se. The van der Waals surface area contributed by atoms with Gasteiger partial charge in [0.15, 0.2) is 0 Å². The zero-order chi connectivity index (χ0) is 12.9. The summed E-state index contributed by atoms with van der Waals surface area (Å²) in [6, 6.07) is 0. The van der Waals surface area contributed by atoms with Crippen molar-refractivity contribution in [2.75, 3.05) is 26.4 Å². The second-order valence-corrected chi connectivity index (χ2v) is 7.21. The predicted octanol–water partition coefficient (Wildman–Crippen LogP) is 2.53. The molecule has 0 aliphatic carbocycles. The molecule has 5 heteroatoms. The van der Waals surface area contributed by atoms with E-state index < -0.39 is 0 Å². The van der Waals surface area contributed by atoms with Gasteiger partial charge in [0.25, 0.3) is 0 Å². The molecule has 0 N–H and O–H groups in total. The molecule has 0 aromatic heterocycles. The van der Waals surface area contributed by atoms with E-state index in [1.54, 1.807) is 12.2 Å². The molecule has 100 valence electrons. The third kappa shape index (κ3) is 12.9. The molecule has 2 nitrogen and oxygen atoms in total. The van der Waals surface area contributed by atoms with Gasteiger partial charge in [0.2, 0.25) is 0 Å². The zero-order valence-electron chi connectivity index (χ0n) is 10.1. The quantitative estimate of drug-likeness (QED) is 0.246. The summed E-state index contributed by atoms with van der Waals surface area (Å²) in [5.74, 6) is 0. The number of ether oxygens (including phenoxy) is 2. The molecule has 2 unspecified atom stereocenters. The van der Waals surface area contributed by atoms with Crippen molar-refractivity contribution in [1.29, 1.82) is 0 Å². The van der Waals surface area contributed by atoms with Crippen molar-refractivity contribution in [1.82, 2.24) is 0 Å². The molecule has 0 aromatic carbocycles. The van der Waals surface area contributed by atoms with Gasteiger partial charge in [-0.15, -0.1) is 0 Å². The van der Waals surface area contributed by atoms with Crippen LogP contribution in [0.4, 0.5) is 0 Å². The van der Waals surface area contributed by atoms with Gasteiger partial charge in [-0.2, -0.15) is 0 Å². The molecule has 0 amide bonds. The number of hydrogen-bond donors (Lipinski definition) is 2. The van der Waals surface area contributed by atoms with Gasteiger partial charge in [-0.25, -0.2) is 0 Å². The minimum absolute atomic E-state index is 0.324. The Labute approximate surface area is 122 Å². The van der Waals surface area contributed by atoms with Crippen LogP contribution >= 0.6 is 25.3 Å². The van der Waals surface area contributed by atoms with Gasteiger partial charge in [-0.3, -0.25) is 0 Å². The third-order valence-electron chi connectivity index (χ3n) is 1.71. The van der Waals surface area contributed by atoms with Crippen LogP contribution < -0.4 is 0 Å². The molecule has 0 fully saturated rings. The van der Waals surface area contributed by atoms with E-state index in [4.69, 9.17) is 9.47 Å². The van der Waals surface area contributed by atoms with E-state index in [1.165, 1.54) is 0 Å². The third-order valence-corrected chi connectivity index (χ3v) is 6.16. The monoisotopic (exact) mass is 342 g/mol. The Kier molecular flexibility index (Phi) is 13.5. The summed E-state index contributed by atoms with van der Waals surface area (Å²) in [5.41, 5.74) is 0. The fraction of sp³-hybridized carbons (Fsp3) is 0.667. The van der Waals surface area contributed by atoms with Crippen molar-refractivity contribution in [3.63, 3.8) is 0 Å². The molecular weight excluding hydrogens is 319 g/mol. The SMILES string of the molecule is C=CCOCC(S)C[Se]CC(S)COCC=C. The van der Waals surface area contributed by atoms with E-state index in [0.29, 0.717) is 51.9 Å². The van der Waals surface area contributed by atoms with E-state index in [0.717, 1.165) is 10.6 Å². The normalized spacial score (nSPS) is 14.2. The molecule has 0 saturated heterocycles. The standard InChI is InChI=1S/C12H22O2S2Se/c1-3-5-13-7-11(15)9-17-10-12(16)8-14-6-4-2/h3-4,11-12,15-16H,1-2,5-10H2. The van der Waals surface area contributed by atoms with Crippen LogP contribution in [-0.4, -0.2) is 51.9 Å². The van der Waals surface area contributed by atoms with Crippen LogP contribution in [0, 0.1) is 0 Å². The van der Waals surface area contributed by atoms with Crippen molar-refractivity contribution in [2.45, 2.75) is 21.1 Å². The summed E-state index contributed by atoms with van der Waals surface area (Å²) in [5, 5.41) is 2.85. The van der Waals surface area contributed by atoms with Crippen molar-refractivity contribution in [3.05, 3.63) is 25.3 Å². The van der Waals surface area contributed by atoms with Crippen LogP contribution in [0.25, 0.3) is 0 Å². The summed E-state index contributed by atoms with van der Waals surface area (Å²) in [6.07, 6.45) is 3.51. The van der Waals surface area contributed by atoms with Crippen LogP contribution in [-0.2, 0) is 9.47 Å². The Hall–Kier alpha value is 0.619. The number of rotatable bonds is 12. The van der Waals surface area contributed by atoms with Crippen LogP contribution in [0.3, 0.4) is 0 Å². The summed E-state index contributed by atoms with van der Waals surface area (Å²) in [4.78, 5) is 0. The maximum atomic E-state index is 5.34. The Bertz CT molecular complexity index is 183. The molecule has 0 spiro atoms. The summed E-state index contributed by atoms with van der Waals surface area (Å²) in [7, 11) is 0. The molecule has 0 rings (SSSR count). The second-order valence-electron chi connectivity index (χ2n) is 3.50. The van der Waals surface area contributed by atoms with Crippen LogP contribution in [0.2, 0.25) is 10.6 Å². The average Bonchev–Trinajstić information content (AvgIpc) is 2.30. The maximum absolute atomic E-state index is 5.34. The molecule has 0 radical (unpaired) electrons.